The van der Waals surface area contributed by atoms with E-state index in [0.717, 1.165) is 35.0 Å². The van der Waals surface area contributed by atoms with Gasteiger partial charge in [-0.05, 0) is 61.3 Å². The van der Waals surface area contributed by atoms with Gasteiger partial charge in [0, 0.05) is 17.6 Å². The number of nitrogens with one attached hydrogen (secondary N) is 1. The first-order chi connectivity index (χ1) is 13.2. The van der Waals surface area contributed by atoms with Gasteiger partial charge in [0.25, 0.3) is 0 Å². The van der Waals surface area contributed by atoms with Gasteiger partial charge in [0.15, 0.2) is 0 Å². The Morgan fingerprint density at radius 1 is 1.19 bits per heavy atom. The highest BCUT2D eigenvalue weighted by Gasteiger charge is 2.25. The van der Waals surface area contributed by atoms with Crippen LogP contribution in [0.25, 0.3) is 6.08 Å². The summed E-state index contributed by atoms with van der Waals surface area (Å²) in [5, 5.41) is 3.78. The zero-order valence-corrected chi connectivity index (χ0v) is 16.3. The smallest absolute Gasteiger partial charge is 0.244 e. The summed E-state index contributed by atoms with van der Waals surface area (Å²) in [7, 11) is 1.63. The van der Waals surface area contributed by atoms with Gasteiger partial charge >= 0.3 is 0 Å². The normalized spacial score (nSPS) is 15.8. The van der Waals surface area contributed by atoms with Crippen LogP contribution < -0.4 is 10.1 Å². The second kappa shape index (κ2) is 9.58. The second-order valence-corrected chi connectivity index (χ2v) is 7.04. The number of nitrogens with zero attached hydrogens (tertiary/aromatic N) is 1. The van der Waals surface area contributed by atoms with E-state index in [0.29, 0.717) is 6.54 Å². The summed E-state index contributed by atoms with van der Waals surface area (Å²) in [5.41, 5.74) is 2.02. The first kappa shape index (κ1) is 19.5. The van der Waals surface area contributed by atoms with Crippen LogP contribution in [0.3, 0.4) is 0 Å². The number of halogens is 1. The van der Waals surface area contributed by atoms with Crippen molar-refractivity contribution in [2.24, 2.45) is 0 Å². The van der Waals surface area contributed by atoms with Crippen molar-refractivity contribution in [1.82, 2.24) is 10.2 Å². The molecule has 1 aliphatic rings. The fourth-order valence-electron chi connectivity index (χ4n) is 3.38. The van der Waals surface area contributed by atoms with Crippen LogP contribution in [0.1, 0.15) is 30.0 Å². The van der Waals surface area contributed by atoms with Crippen molar-refractivity contribution in [2.45, 2.75) is 18.9 Å². The molecule has 0 spiro atoms. The molecule has 1 atom stereocenters. The Kier molecular flexibility index (Phi) is 6.91. The lowest BCUT2D eigenvalue weighted by molar-refractivity contribution is -0.116. The van der Waals surface area contributed by atoms with Crippen LogP contribution in [0.5, 0.6) is 5.75 Å². The van der Waals surface area contributed by atoms with E-state index in [4.69, 9.17) is 16.3 Å². The fraction of sp³-hybridized carbons (Fsp3) is 0.318. The number of likely N-dealkylation sites (tertiary alicyclic amines) is 1. The van der Waals surface area contributed by atoms with Gasteiger partial charge in [-0.1, -0.05) is 41.9 Å². The van der Waals surface area contributed by atoms with Crippen LogP contribution >= 0.6 is 11.6 Å². The zero-order chi connectivity index (χ0) is 19.1. The first-order valence-electron chi connectivity index (χ1n) is 9.26. The Morgan fingerprint density at radius 3 is 2.56 bits per heavy atom. The lowest BCUT2D eigenvalue weighted by Crippen LogP contribution is -2.36. The van der Waals surface area contributed by atoms with Crippen molar-refractivity contribution < 1.29 is 9.53 Å². The number of rotatable bonds is 7. The van der Waals surface area contributed by atoms with Gasteiger partial charge in [-0.25, -0.2) is 0 Å². The molecule has 4 nitrogen and oxygen atoms in total. The summed E-state index contributed by atoms with van der Waals surface area (Å²) < 4.78 is 5.14. The molecule has 3 rings (SSSR count). The molecular formula is C22H25ClN2O2. The van der Waals surface area contributed by atoms with Crippen molar-refractivity contribution in [3.8, 4) is 5.75 Å². The molecule has 2 aromatic rings. The third kappa shape index (κ3) is 5.34. The van der Waals surface area contributed by atoms with Crippen molar-refractivity contribution in [1.29, 1.82) is 0 Å². The third-order valence-electron chi connectivity index (χ3n) is 4.86. The Bertz CT molecular complexity index is 783. The molecule has 0 aliphatic carbocycles. The van der Waals surface area contributed by atoms with Gasteiger partial charge in [-0.2, -0.15) is 0 Å². The lowest BCUT2D eigenvalue weighted by Gasteiger charge is -2.28. The Hall–Kier alpha value is -2.30. The summed E-state index contributed by atoms with van der Waals surface area (Å²) in [4.78, 5) is 14.7. The average molecular weight is 385 g/mol. The molecule has 0 bridgehead atoms. The molecule has 27 heavy (non-hydrogen) atoms. The van der Waals surface area contributed by atoms with Crippen molar-refractivity contribution in [3.63, 3.8) is 0 Å². The second-order valence-electron chi connectivity index (χ2n) is 6.63. The summed E-state index contributed by atoms with van der Waals surface area (Å²) >= 11 is 6.42. The van der Waals surface area contributed by atoms with E-state index in [1.54, 1.807) is 19.3 Å². The van der Waals surface area contributed by atoms with Crippen LogP contribution in [-0.2, 0) is 4.79 Å². The predicted molar refractivity (Wildman–Crippen MR) is 110 cm³/mol. The fourth-order valence-corrected chi connectivity index (χ4v) is 3.64. The average Bonchev–Trinajstić information content (AvgIpc) is 3.23. The molecule has 1 amide bonds. The van der Waals surface area contributed by atoms with Crippen molar-refractivity contribution in [3.05, 3.63) is 70.8 Å². The molecule has 5 heteroatoms. The Morgan fingerprint density at radius 2 is 1.89 bits per heavy atom. The highest BCUT2D eigenvalue weighted by Crippen LogP contribution is 2.29. The number of benzene rings is 2. The van der Waals surface area contributed by atoms with Crippen LogP contribution in [0.15, 0.2) is 54.6 Å². The quantitative estimate of drug-likeness (QED) is 0.723. The molecule has 1 N–H and O–H groups in total. The predicted octanol–water partition coefficient (Wildman–Crippen LogP) is 4.32. The molecule has 2 aromatic carbocycles. The number of carbonyl (C=O) groups is 1. The van der Waals surface area contributed by atoms with E-state index in [2.05, 4.69) is 10.2 Å². The number of ether oxygens (including phenoxy) is 1. The van der Waals surface area contributed by atoms with Crippen LogP contribution in [0.2, 0.25) is 5.02 Å². The molecule has 0 saturated carbocycles. The lowest BCUT2D eigenvalue weighted by atomic mass is 10.1. The van der Waals surface area contributed by atoms with E-state index in [9.17, 15) is 4.79 Å². The van der Waals surface area contributed by atoms with E-state index in [1.807, 2.05) is 48.5 Å². The third-order valence-corrected chi connectivity index (χ3v) is 5.20. The summed E-state index contributed by atoms with van der Waals surface area (Å²) in [6, 6.07) is 15.6. The monoisotopic (exact) mass is 384 g/mol. The summed E-state index contributed by atoms with van der Waals surface area (Å²) in [5.74, 6) is 0.687. The number of amides is 1. The molecule has 142 valence electrons. The van der Waals surface area contributed by atoms with E-state index >= 15 is 0 Å². The highest BCUT2D eigenvalue weighted by atomic mass is 35.5. The molecule has 0 aromatic heterocycles. The maximum absolute atomic E-state index is 12.3. The Balaban J connectivity index is 1.63. The van der Waals surface area contributed by atoms with Gasteiger partial charge < -0.3 is 10.1 Å². The highest BCUT2D eigenvalue weighted by molar-refractivity contribution is 6.31. The van der Waals surface area contributed by atoms with Gasteiger partial charge in [-0.15, -0.1) is 0 Å². The minimum atomic E-state index is -0.109. The van der Waals surface area contributed by atoms with Crippen LogP contribution in [-0.4, -0.2) is 37.6 Å². The number of carbonyl (C=O) groups excluding carboxylic acids is 1. The SMILES string of the molecule is COc1ccc(/C=C/C(=O)NCC(c2ccccc2Cl)N2CCCC2)cc1. The number of hydrogen-bond acceptors (Lipinski definition) is 3. The summed E-state index contributed by atoms with van der Waals surface area (Å²) in [6.45, 7) is 2.61. The maximum Gasteiger partial charge on any atom is 0.244 e. The summed E-state index contributed by atoms with van der Waals surface area (Å²) in [6.07, 6.45) is 5.74. The molecule has 1 aliphatic heterocycles. The van der Waals surface area contributed by atoms with E-state index < -0.39 is 0 Å². The Labute approximate surface area is 165 Å². The topological polar surface area (TPSA) is 41.6 Å². The maximum atomic E-state index is 12.3. The van der Waals surface area contributed by atoms with Gasteiger partial charge in [0.2, 0.25) is 5.91 Å². The van der Waals surface area contributed by atoms with Gasteiger partial charge in [0.05, 0.1) is 13.2 Å². The largest absolute Gasteiger partial charge is 0.497 e. The van der Waals surface area contributed by atoms with Gasteiger partial charge in [0.1, 0.15) is 5.75 Å². The number of methoxy groups -OCH3 is 1. The molecule has 1 fully saturated rings. The van der Waals surface area contributed by atoms with E-state index in [-0.39, 0.29) is 11.9 Å². The van der Waals surface area contributed by atoms with Gasteiger partial charge in [-0.3, -0.25) is 9.69 Å². The van der Waals surface area contributed by atoms with Crippen molar-refractivity contribution in [2.75, 3.05) is 26.7 Å². The van der Waals surface area contributed by atoms with Crippen molar-refractivity contribution >= 4 is 23.6 Å². The van der Waals surface area contributed by atoms with E-state index in [1.165, 1.54) is 12.8 Å². The standard InChI is InChI=1S/C22H25ClN2O2/c1-27-18-11-8-17(9-12-18)10-13-22(26)24-16-21(25-14-4-5-15-25)19-6-2-3-7-20(19)23/h2-3,6-13,21H,4-5,14-16H2,1H3,(H,24,26)/b13-10+. The minimum absolute atomic E-state index is 0.0968. The minimum Gasteiger partial charge on any atom is -0.497 e. The zero-order valence-electron chi connectivity index (χ0n) is 15.5. The molecular weight excluding hydrogens is 360 g/mol. The first-order valence-corrected chi connectivity index (χ1v) is 9.63. The molecule has 1 saturated heterocycles. The van der Waals surface area contributed by atoms with Crippen LogP contribution in [0, 0.1) is 0 Å². The molecule has 0 radical (unpaired) electrons. The number of hydrogen-bond donors (Lipinski definition) is 1. The molecule has 1 heterocycles. The van der Waals surface area contributed by atoms with Crippen LogP contribution in [0.4, 0.5) is 0 Å². The molecule has 1 unspecified atom stereocenters.